The molecule has 0 aromatic heterocycles. The molecule has 0 radical (unpaired) electrons. The number of nitrogens with zero attached hydrogens (tertiary/aromatic N) is 2. The van der Waals surface area contributed by atoms with E-state index in [9.17, 15) is 9.59 Å². The molecule has 0 aliphatic carbocycles. The molecule has 1 heterocycles. The second-order valence-electron chi connectivity index (χ2n) is 7.37. The summed E-state index contributed by atoms with van der Waals surface area (Å²) < 4.78 is 5.37. The fourth-order valence-corrected chi connectivity index (χ4v) is 3.18. The molecule has 2 atom stereocenters. The first kappa shape index (κ1) is 20.2. The molecule has 1 aromatic carbocycles. The molecule has 26 heavy (non-hydrogen) atoms. The van der Waals surface area contributed by atoms with E-state index in [1.54, 1.807) is 11.9 Å². The molecule has 1 aliphatic heterocycles. The standard InChI is InChI=1S/C20H31N3O3/c1-15(2)18(21)19(24)23-12-8-7-11-17(23)13-22(3)20(25)26-14-16-9-5-4-6-10-16/h4-6,9-10,15,17-18H,7-8,11-14,21H2,1-3H3. The third-order valence-corrected chi connectivity index (χ3v) is 4.92. The maximum Gasteiger partial charge on any atom is 0.409 e. The normalized spacial score (nSPS) is 18.5. The quantitative estimate of drug-likeness (QED) is 0.845. The topological polar surface area (TPSA) is 75.9 Å². The number of amides is 2. The maximum atomic E-state index is 12.7. The van der Waals surface area contributed by atoms with Gasteiger partial charge in [-0.25, -0.2) is 4.79 Å². The third kappa shape index (κ3) is 5.46. The van der Waals surface area contributed by atoms with Crippen LogP contribution in [0.25, 0.3) is 0 Å². The molecule has 1 aromatic rings. The van der Waals surface area contributed by atoms with Gasteiger partial charge >= 0.3 is 6.09 Å². The van der Waals surface area contributed by atoms with E-state index in [1.807, 2.05) is 49.1 Å². The highest BCUT2D eigenvalue weighted by atomic mass is 16.6. The molecule has 6 nitrogen and oxygen atoms in total. The van der Waals surface area contributed by atoms with Crippen molar-refractivity contribution in [2.24, 2.45) is 11.7 Å². The average molecular weight is 361 g/mol. The van der Waals surface area contributed by atoms with Gasteiger partial charge in [-0.2, -0.15) is 0 Å². The summed E-state index contributed by atoms with van der Waals surface area (Å²) >= 11 is 0. The molecule has 6 heteroatoms. The first-order valence-corrected chi connectivity index (χ1v) is 9.38. The third-order valence-electron chi connectivity index (χ3n) is 4.92. The van der Waals surface area contributed by atoms with Crippen LogP contribution in [-0.2, 0) is 16.1 Å². The number of carbonyl (C=O) groups is 2. The minimum atomic E-state index is -0.495. The Kier molecular flexibility index (Phi) is 7.45. The lowest BCUT2D eigenvalue weighted by molar-refractivity contribution is -0.137. The SMILES string of the molecule is CC(C)C(N)C(=O)N1CCCCC1CN(C)C(=O)OCc1ccccc1. The number of hydrogen-bond acceptors (Lipinski definition) is 4. The first-order chi connectivity index (χ1) is 12.4. The molecule has 2 unspecified atom stereocenters. The zero-order valence-electron chi connectivity index (χ0n) is 16.1. The second-order valence-corrected chi connectivity index (χ2v) is 7.37. The number of rotatable bonds is 6. The Hall–Kier alpha value is -2.08. The van der Waals surface area contributed by atoms with E-state index < -0.39 is 6.04 Å². The van der Waals surface area contributed by atoms with Crippen LogP contribution in [0, 0.1) is 5.92 Å². The Morgan fingerprint density at radius 3 is 2.62 bits per heavy atom. The van der Waals surface area contributed by atoms with Crippen molar-refractivity contribution in [1.82, 2.24) is 9.80 Å². The van der Waals surface area contributed by atoms with Gasteiger partial charge in [-0.3, -0.25) is 4.79 Å². The predicted octanol–water partition coefficient (Wildman–Crippen LogP) is 2.62. The minimum Gasteiger partial charge on any atom is -0.445 e. The summed E-state index contributed by atoms with van der Waals surface area (Å²) in [6.45, 7) is 5.32. The highest BCUT2D eigenvalue weighted by Gasteiger charge is 2.32. The van der Waals surface area contributed by atoms with Crippen LogP contribution in [0.5, 0.6) is 0 Å². The Morgan fingerprint density at radius 1 is 1.27 bits per heavy atom. The summed E-state index contributed by atoms with van der Waals surface area (Å²) in [5.41, 5.74) is 7.01. The van der Waals surface area contributed by atoms with Gasteiger partial charge in [0.05, 0.1) is 6.04 Å². The Morgan fingerprint density at radius 2 is 1.96 bits per heavy atom. The number of carbonyl (C=O) groups excluding carboxylic acids is 2. The van der Waals surface area contributed by atoms with Crippen LogP contribution in [0.1, 0.15) is 38.7 Å². The number of piperidine rings is 1. The van der Waals surface area contributed by atoms with Gasteiger partial charge in [0, 0.05) is 26.2 Å². The van der Waals surface area contributed by atoms with Crippen molar-refractivity contribution in [2.75, 3.05) is 20.1 Å². The number of nitrogens with two attached hydrogens (primary N) is 1. The number of likely N-dealkylation sites (N-methyl/N-ethyl adjacent to an activating group) is 1. The molecule has 2 amide bonds. The van der Waals surface area contributed by atoms with Gasteiger partial charge in [-0.1, -0.05) is 44.2 Å². The lowest BCUT2D eigenvalue weighted by atomic mass is 9.97. The lowest BCUT2D eigenvalue weighted by Crippen LogP contribution is -2.55. The van der Waals surface area contributed by atoms with Gasteiger partial charge in [0.1, 0.15) is 6.61 Å². The van der Waals surface area contributed by atoms with Gasteiger partial charge < -0.3 is 20.3 Å². The highest BCUT2D eigenvalue weighted by molar-refractivity contribution is 5.82. The largest absolute Gasteiger partial charge is 0.445 e. The zero-order valence-corrected chi connectivity index (χ0v) is 16.1. The summed E-state index contributed by atoms with van der Waals surface area (Å²) in [4.78, 5) is 28.4. The summed E-state index contributed by atoms with van der Waals surface area (Å²) in [5, 5.41) is 0. The molecule has 1 aliphatic rings. The summed E-state index contributed by atoms with van der Waals surface area (Å²) in [6, 6.07) is 9.09. The Balaban J connectivity index is 1.91. The number of likely N-dealkylation sites (tertiary alicyclic amines) is 1. The number of ether oxygens (including phenoxy) is 1. The molecule has 1 saturated heterocycles. The molecule has 2 N–H and O–H groups in total. The number of benzene rings is 1. The van der Waals surface area contributed by atoms with Crippen LogP contribution in [0.15, 0.2) is 30.3 Å². The van der Waals surface area contributed by atoms with Crippen molar-refractivity contribution in [3.8, 4) is 0 Å². The summed E-state index contributed by atoms with van der Waals surface area (Å²) in [7, 11) is 1.72. The van der Waals surface area contributed by atoms with Crippen molar-refractivity contribution >= 4 is 12.0 Å². The van der Waals surface area contributed by atoms with E-state index in [1.165, 1.54) is 0 Å². The molecular weight excluding hydrogens is 330 g/mol. The fourth-order valence-electron chi connectivity index (χ4n) is 3.18. The fraction of sp³-hybridized carbons (Fsp3) is 0.600. The lowest BCUT2D eigenvalue weighted by Gasteiger charge is -2.39. The van der Waals surface area contributed by atoms with Crippen LogP contribution in [-0.4, -0.2) is 54.0 Å². The van der Waals surface area contributed by atoms with Crippen LogP contribution in [0.4, 0.5) is 4.79 Å². The van der Waals surface area contributed by atoms with E-state index in [2.05, 4.69) is 0 Å². The van der Waals surface area contributed by atoms with E-state index in [-0.39, 0.29) is 30.6 Å². The maximum absolute atomic E-state index is 12.7. The van der Waals surface area contributed by atoms with Crippen LogP contribution in [0.2, 0.25) is 0 Å². The van der Waals surface area contributed by atoms with Crippen molar-refractivity contribution < 1.29 is 14.3 Å². The number of hydrogen-bond donors (Lipinski definition) is 1. The molecule has 0 saturated carbocycles. The first-order valence-electron chi connectivity index (χ1n) is 9.38. The van der Waals surface area contributed by atoms with Gasteiger partial charge in [-0.15, -0.1) is 0 Å². The zero-order chi connectivity index (χ0) is 19.1. The Bertz CT molecular complexity index is 591. The highest BCUT2D eigenvalue weighted by Crippen LogP contribution is 2.20. The average Bonchev–Trinajstić information content (AvgIpc) is 2.66. The van der Waals surface area contributed by atoms with Crippen molar-refractivity contribution in [1.29, 1.82) is 0 Å². The Labute approximate surface area is 156 Å². The van der Waals surface area contributed by atoms with Crippen LogP contribution >= 0.6 is 0 Å². The molecule has 144 valence electrons. The minimum absolute atomic E-state index is 0.00433. The summed E-state index contributed by atoms with van der Waals surface area (Å²) in [6.07, 6.45) is 2.54. The summed E-state index contributed by atoms with van der Waals surface area (Å²) in [5.74, 6) is 0.0781. The van der Waals surface area contributed by atoms with Crippen LogP contribution in [0.3, 0.4) is 0 Å². The molecule has 0 bridgehead atoms. The van der Waals surface area contributed by atoms with Gasteiger partial charge in [0.25, 0.3) is 0 Å². The molecule has 1 fully saturated rings. The molecule has 0 spiro atoms. The predicted molar refractivity (Wildman–Crippen MR) is 101 cm³/mol. The second kappa shape index (κ2) is 9.57. The van der Waals surface area contributed by atoms with Gasteiger partial charge in [0.2, 0.25) is 5.91 Å². The van der Waals surface area contributed by atoms with E-state index in [0.717, 1.165) is 24.8 Å². The smallest absolute Gasteiger partial charge is 0.409 e. The van der Waals surface area contributed by atoms with Crippen LogP contribution < -0.4 is 5.73 Å². The monoisotopic (exact) mass is 361 g/mol. The van der Waals surface area contributed by atoms with Gasteiger partial charge in [-0.05, 0) is 30.7 Å². The molecular formula is C20H31N3O3. The van der Waals surface area contributed by atoms with Crippen molar-refractivity contribution in [3.05, 3.63) is 35.9 Å². The van der Waals surface area contributed by atoms with Crippen molar-refractivity contribution in [2.45, 2.75) is 51.8 Å². The van der Waals surface area contributed by atoms with E-state index >= 15 is 0 Å². The molecule has 2 rings (SSSR count). The van der Waals surface area contributed by atoms with E-state index in [0.29, 0.717) is 13.1 Å². The van der Waals surface area contributed by atoms with Crippen molar-refractivity contribution in [3.63, 3.8) is 0 Å². The van der Waals surface area contributed by atoms with Gasteiger partial charge in [0.15, 0.2) is 0 Å². The van der Waals surface area contributed by atoms with E-state index in [4.69, 9.17) is 10.5 Å².